The molecule has 2 aromatic rings. The monoisotopic (exact) mass is 323 g/mol. The van der Waals surface area contributed by atoms with Crippen LogP contribution < -0.4 is 5.32 Å². The van der Waals surface area contributed by atoms with Gasteiger partial charge in [0.15, 0.2) is 0 Å². The van der Waals surface area contributed by atoms with Gasteiger partial charge in [0.1, 0.15) is 5.82 Å². The van der Waals surface area contributed by atoms with E-state index in [1.165, 1.54) is 12.1 Å². The van der Waals surface area contributed by atoms with Gasteiger partial charge < -0.3 is 10.4 Å². The molecule has 100 valence electrons. The first-order valence-electron chi connectivity index (χ1n) is 6.00. The molecular formula is C15H15BrFNO. The molecule has 2 nitrogen and oxygen atoms in total. The number of benzene rings is 2. The van der Waals surface area contributed by atoms with Crippen LogP contribution in [0, 0.1) is 12.7 Å². The van der Waals surface area contributed by atoms with E-state index in [-0.39, 0.29) is 5.82 Å². The molecule has 0 radical (unpaired) electrons. The van der Waals surface area contributed by atoms with E-state index in [0.29, 0.717) is 6.54 Å². The third-order valence-corrected chi connectivity index (χ3v) is 3.40. The second-order valence-corrected chi connectivity index (χ2v) is 5.33. The molecule has 0 saturated carbocycles. The highest BCUT2D eigenvalue weighted by Crippen LogP contribution is 2.20. The molecule has 1 atom stereocenters. The van der Waals surface area contributed by atoms with Crippen LogP contribution in [0.15, 0.2) is 46.9 Å². The Morgan fingerprint density at radius 1 is 1.26 bits per heavy atom. The molecular weight excluding hydrogens is 309 g/mol. The van der Waals surface area contributed by atoms with Crippen LogP contribution >= 0.6 is 15.9 Å². The van der Waals surface area contributed by atoms with E-state index in [0.717, 1.165) is 21.3 Å². The Bertz CT molecular complexity index is 574. The van der Waals surface area contributed by atoms with Gasteiger partial charge in [-0.25, -0.2) is 4.39 Å². The molecule has 0 aliphatic carbocycles. The molecule has 19 heavy (non-hydrogen) atoms. The molecule has 2 N–H and O–H groups in total. The van der Waals surface area contributed by atoms with Gasteiger partial charge in [-0.1, -0.05) is 28.1 Å². The van der Waals surface area contributed by atoms with Crippen LogP contribution in [0.2, 0.25) is 0 Å². The zero-order chi connectivity index (χ0) is 13.8. The lowest BCUT2D eigenvalue weighted by Gasteiger charge is -2.15. The first-order valence-corrected chi connectivity index (χ1v) is 6.79. The molecule has 0 aliphatic rings. The fraction of sp³-hybridized carbons (Fsp3) is 0.200. The number of aryl methyl sites for hydroxylation is 1. The van der Waals surface area contributed by atoms with Crippen LogP contribution in [0.4, 0.5) is 10.1 Å². The van der Waals surface area contributed by atoms with Gasteiger partial charge in [0.25, 0.3) is 0 Å². The average Bonchev–Trinajstić information content (AvgIpc) is 2.37. The summed E-state index contributed by atoms with van der Waals surface area (Å²) in [5.41, 5.74) is 2.48. The van der Waals surface area contributed by atoms with E-state index in [4.69, 9.17) is 0 Å². The molecule has 0 amide bonds. The summed E-state index contributed by atoms with van der Waals surface area (Å²) < 4.78 is 13.9. The standard InChI is InChI=1S/C15H15BrFNO/c1-10-7-13(17)5-6-14(10)18-9-15(19)11-3-2-4-12(16)8-11/h2-8,15,18-19H,9H2,1H3. The third-order valence-electron chi connectivity index (χ3n) is 2.91. The maximum atomic E-state index is 13.0. The first kappa shape index (κ1) is 14.0. The van der Waals surface area contributed by atoms with E-state index in [9.17, 15) is 9.50 Å². The topological polar surface area (TPSA) is 32.3 Å². The number of hydrogen-bond donors (Lipinski definition) is 2. The van der Waals surface area contributed by atoms with E-state index in [1.54, 1.807) is 6.07 Å². The predicted molar refractivity (Wildman–Crippen MR) is 78.7 cm³/mol. The van der Waals surface area contributed by atoms with E-state index >= 15 is 0 Å². The number of aliphatic hydroxyl groups excluding tert-OH is 1. The van der Waals surface area contributed by atoms with Crippen molar-refractivity contribution >= 4 is 21.6 Å². The minimum Gasteiger partial charge on any atom is -0.387 e. The summed E-state index contributed by atoms with van der Waals surface area (Å²) in [5.74, 6) is -0.254. The minimum atomic E-state index is -0.609. The Hall–Kier alpha value is -1.39. The van der Waals surface area contributed by atoms with Crippen LogP contribution in [0.3, 0.4) is 0 Å². The Morgan fingerprint density at radius 3 is 2.74 bits per heavy atom. The van der Waals surface area contributed by atoms with Gasteiger partial charge in [-0.3, -0.25) is 0 Å². The quantitative estimate of drug-likeness (QED) is 0.889. The van der Waals surface area contributed by atoms with Gasteiger partial charge in [-0.15, -0.1) is 0 Å². The largest absolute Gasteiger partial charge is 0.387 e. The van der Waals surface area contributed by atoms with Crippen molar-refractivity contribution in [2.24, 2.45) is 0 Å². The van der Waals surface area contributed by atoms with E-state index in [2.05, 4.69) is 21.2 Å². The molecule has 1 unspecified atom stereocenters. The third kappa shape index (κ3) is 3.78. The van der Waals surface area contributed by atoms with Crippen molar-refractivity contribution < 1.29 is 9.50 Å². The maximum Gasteiger partial charge on any atom is 0.123 e. The summed E-state index contributed by atoms with van der Waals surface area (Å²) in [6.07, 6.45) is -0.609. The molecule has 0 aliphatic heterocycles. The van der Waals surface area contributed by atoms with Crippen LogP contribution in [-0.4, -0.2) is 11.7 Å². The van der Waals surface area contributed by atoms with E-state index in [1.807, 2.05) is 31.2 Å². The summed E-state index contributed by atoms with van der Waals surface area (Å²) in [4.78, 5) is 0. The Morgan fingerprint density at radius 2 is 2.05 bits per heavy atom. The van der Waals surface area contributed by atoms with Crippen LogP contribution in [0.1, 0.15) is 17.2 Å². The normalized spacial score (nSPS) is 12.2. The molecule has 4 heteroatoms. The summed E-state index contributed by atoms with van der Waals surface area (Å²) in [6, 6.07) is 12.1. The number of halogens is 2. The van der Waals surface area contributed by atoms with Crippen molar-refractivity contribution in [2.45, 2.75) is 13.0 Å². The number of anilines is 1. The summed E-state index contributed by atoms with van der Waals surface area (Å²) in [6.45, 7) is 2.21. The maximum absolute atomic E-state index is 13.0. The highest BCUT2D eigenvalue weighted by molar-refractivity contribution is 9.10. The van der Waals surface area contributed by atoms with Gasteiger partial charge in [-0.05, 0) is 48.4 Å². The van der Waals surface area contributed by atoms with Gasteiger partial charge in [0, 0.05) is 16.7 Å². The molecule has 2 rings (SSSR count). The number of rotatable bonds is 4. The number of nitrogens with one attached hydrogen (secondary N) is 1. The zero-order valence-corrected chi connectivity index (χ0v) is 12.1. The van der Waals surface area contributed by atoms with Gasteiger partial charge in [0.2, 0.25) is 0 Å². The van der Waals surface area contributed by atoms with Crippen LogP contribution in [0.5, 0.6) is 0 Å². The molecule has 2 aromatic carbocycles. The molecule has 0 spiro atoms. The van der Waals surface area contributed by atoms with Crippen molar-refractivity contribution in [3.05, 3.63) is 63.9 Å². The number of hydrogen-bond acceptors (Lipinski definition) is 2. The molecule has 0 saturated heterocycles. The van der Waals surface area contributed by atoms with E-state index < -0.39 is 6.10 Å². The summed E-state index contributed by atoms with van der Waals surface area (Å²) >= 11 is 3.37. The van der Waals surface area contributed by atoms with Crippen molar-refractivity contribution in [1.82, 2.24) is 0 Å². The average molecular weight is 324 g/mol. The van der Waals surface area contributed by atoms with Crippen molar-refractivity contribution in [1.29, 1.82) is 0 Å². The predicted octanol–water partition coefficient (Wildman–Crippen LogP) is 4.04. The lowest BCUT2D eigenvalue weighted by molar-refractivity contribution is 0.191. The minimum absolute atomic E-state index is 0.254. The highest BCUT2D eigenvalue weighted by Gasteiger charge is 2.08. The fourth-order valence-electron chi connectivity index (χ4n) is 1.86. The van der Waals surface area contributed by atoms with Crippen LogP contribution in [0.25, 0.3) is 0 Å². The second kappa shape index (κ2) is 6.17. The smallest absolute Gasteiger partial charge is 0.123 e. The van der Waals surface area contributed by atoms with Gasteiger partial charge in [-0.2, -0.15) is 0 Å². The lowest BCUT2D eigenvalue weighted by Crippen LogP contribution is -2.12. The van der Waals surface area contributed by atoms with Gasteiger partial charge >= 0.3 is 0 Å². The Labute approximate surface area is 120 Å². The molecule has 0 fully saturated rings. The van der Waals surface area contributed by atoms with Crippen molar-refractivity contribution in [3.8, 4) is 0 Å². The Kier molecular flexibility index (Phi) is 4.56. The summed E-state index contributed by atoms with van der Waals surface area (Å²) in [5, 5.41) is 13.2. The van der Waals surface area contributed by atoms with Crippen LogP contribution in [-0.2, 0) is 0 Å². The first-order chi connectivity index (χ1) is 9.06. The number of aliphatic hydroxyl groups is 1. The lowest BCUT2D eigenvalue weighted by atomic mass is 10.1. The SMILES string of the molecule is Cc1cc(F)ccc1NCC(O)c1cccc(Br)c1. The summed E-state index contributed by atoms with van der Waals surface area (Å²) in [7, 11) is 0. The fourth-order valence-corrected chi connectivity index (χ4v) is 2.28. The molecule has 0 bridgehead atoms. The second-order valence-electron chi connectivity index (χ2n) is 4.41. The van der Waals surface area contributed by atoms with Crippen molar-refractivity contribution in [3.63, 3.8) is 0 Å². The molecule has 0 aromatic heterocycles. The zero-order valence-electron chi connectivity index (χ0n) is 10.5. The highest BCUT2D eigenvalue weighted by atomic mass is 79.9. The molecule has 0 heterocycles. The van der Waals surface area contributed by atoms with Crippen molar-refractivity contribution in [2.75, 3.05) is 11.9 Å². The Balaban J connectivity index is 2.02. The van der Waals surface area contributed by atoms with Gasteiger partial charge in [0.05, 0.1) is 6.10 Å².